The van der Waals surface area contributed by atoms with Crippen LogP contribution in [0.15, 0.2) is 23.4 Å². The maximum absolute atomic E-state index is 14.1. The number of halogens is 3. The maximum atomic E-state index is 14.1. The Labute approximate surface area is 101 Å². The van der Waals surface area contributed by atoms with E-state index in [0.29, 0.717) is 6.42 Å². The summed E-state index contributed by atoms with van der Waals surface area (Å²) in [6, 6.07) is 0. The highest BCUT2D eigenvalue weighted by Crippen LogP contribution is 2.43. The van der Waals surface area contributed by atoms with Crippen LogP contribution in [0.4, 0.5) is 13.2 Å². The van der Waals surface area contributed by atoms with Crippen molar-refractivity contribution in [3.05, 3.63) is 23.4 Å². The second-order valence-corrected chi connectivity index (χ2v) is 4.78. The summed E-state index contributed by atoms with van der Waals surface area (Å²) >= 11 is 0. The number of allylic oxidation sites excluding steroid dienone is 4. The fourth-order valence-electron chi connectivity index (χ4n) is 2.22. The highest BCUT2D eigenvalue weighted by molar-refractivity contribution is 5.34. The average molecular weight is 247 g/mol. The van der Waals surface area contributed by atoms with E-state index in [1.165, 1.54) is 0 Å². The van der Waals surface area contributed by atoms with Crippen molar-refractivity contribution in [3.63, 3.8) is 0 Å². The largest absolute Gasteiger partial charge is 0.402 e. The first kappa shape index (κ1) is 14.1. The zero-order valence-electron chi connectivity index (χ0n) is 10.4. The Morgan fingerprint density at radius 3 is 2.53 bits per heavy atom. The van der Waals surface area contributed by atoms with Crippen molar-refractivity contribution < 1.29 is 13.2 Å². The molecule has 0 bridgehead atoms. The molecular weight excluding hydrogens is 227 g/mol. The molecule has 0 saturated carbocycles. The number of hydrogen-bond donors (Lipinski definition) is 1. The molecule has 17 heavy (non-hydrogen) atoms. The SMILES string of the molecule is CCCCCCC1C(N)=CC(F)=C(F)C1(C)F. The Kier molecular flexibility index (Phi) is 4.66. The number of rotatable bonds is 5. The lowest BCUT2D eigenvalue weighted by Gasteiger charge is -2.32. The predicted octanol–water partition coefficient (Wildman–Crippen LogP) is 4.31. The Hall–Kier alpha value is -0.930. The van der Waals surface area contributed by atoms with Crippen LogP contribution >= 0.6 is 0 Å². The number of alkyl halides is 1. The van der Waals surface area contributed by atoms with Gasteiger partial charge in [-0.15, -0.1) is 0 Å². The van der Waals surface area contributed by atoms with Crippen LogP contribution in [0.25, 0.3) is 0 Å². The second kappa shape index (κ2) is 5.61. The smallest absolute Gasteiger partial charge is 0.173 e. The molecule has 2 unspecified atom stereocenters. The van der Waals surface area contributed by atoms with Crippen molar-refractivity contribution in [2.45, 2.75) is 51.6 Å². The van der Waals surface area contributed by atoms with Crippen molar-refractivity contribution in [2.24, 2.45) is 11.7 Å². The Bertz CT molecular complexity index is 332. The molecule has 1 nitrogen and oxygen atoms in total. The highest BCUT2D eigenvalue weighted by Gasteiger charge is 2.44. The molecule has 1 rings (SSSR count). The van der Waals surface area contributed by atoms with Crippen molar-refractivity contribution >= 4 is 0 Å². The summed E-state index contributed by atoms with van der Waals surface area (Å²) in [6.45, 7) is 3.14. The van der Waals surface area contributed by atoms with E-state index < -0.39 is 23.2 Å². The maximum Gasteiger partial charge on any atom is 0.173 e. The van der Waals surface area contributed by atoms with Gasteiger partial charge in [-0.3, -0.25) is 0 Å². The second-order valence-electron chi connectivity index (χ2n) is 4.78. The minimum Gasteiger partial charge on any atom is -0.402 e. The van der Waals surface area contributed by atoms with Gasteiger partial charge in [0.15, 0.2) is 17.3 Å². The zero-order chi connectivity index (χ0) is 13.1. The quantitative estimate of drug-likeness (QED) is 0.720. The fraction of sp³-hybridized carbons (Fsp3) is 0.692. The molecule has 0 aromatic rings. The number of hydrogen-bond acceptors (Lipinski definition) is 1. The summed E-state index contributed by atoms with van der Waals surface area (Å²) in [7, 11) is 0. The van der Waals surface area contributed by atoms with Crippen LogP contribution in [0.2, 0.25) is 0 Å². The Balaban J connectivity index is 2.69. The summed E-state index contributed by atoms with van der Waals surface area (Å²) in [5, 5.41) is 0. The molecule has 0 radical (unpaired) electrons. The molecule has 0 heterocycles. The number of unbranched alkanes of at least 4 members (excludes halogenated alkanes) is 3. The van der Waals surface area contributed by atoms with Gasteiger partial charge in [-0.2, -0.15) is 0 Å². The first-order chi connectivity index (χ1) is 7.91. The molecule has 1 aliphatic rings. The molecule has 4 heteroatoms. The van der Waals surface area contributed by atoms with E-state index in [-0.39, 0.29) is 5.70 Å². The summed E-state index contributed by atoms with van der Waals surface area (Å²) in [5.41, 5.74) is 3.39. The van der Waals surface area contributed by atoms with Gasteiger partial charge in [0.2, 0.25) is 0 Å². The molecule has 0 saturated heterocycles. The first-order valence-corrected chi connectivity index (χ1v) is 6.13. The Morgan fingerprint density at radius 1 is 1.29 bits per heavy atom. The summed E-state index contributed by atoms with van der Waals surface area (Å²) in [6.07, 6.45) is 5.24. The van der Waals surface area contributed by atoms with Gasteiger partial charge in [-0.25, -0.2) is 13.2 Å². The molecule has 0 amide bonds. The van der Waals surface area contributed by atoms with Crippen LogP contribution in [0, 0.1) is 5.92 Å². The predicted molar refractivity (Wildman–Crippen MR) is 63.3 cm³/mol. The number of nitrogens with two attached hydrogens (primary N) is 1. The fourth-order valence-corrected chi connectivity index (χ4v) is 2.22. The van der Waals surface area contributed by atoms with Crippen molar-refractivity contribution in [1.29, 1.82) is 0 Å². The van der Waals surface area contributed by atoms with Crippen LogP contribution < -0.4 is 5.73 Å². The molecule has 98 valence electrons. The van der Waals surface area contributed by atoms with Crippen LogP contribution in [0.1, 0.15) is 46.0 Å². The third-order valence-corrected chi connectivity index (χ3v) is 3.34. The van der Waals surface area contributed by atoms with Crippen molar-refractivity contribution in [2.75, 3.05) is 0 Å². The van der Waals surface area contributed by atoms with E-state index >= 15 is 0 Å². The lowest BCUT2D eigenvalue weighted by Crippen LogP contribution is -2.37. The van der Waals surface area contributed by atoms with Gasteiger partial charge in [-0.05, 0) is 19.4 Å². The summed E-state index contributed by atoms with van der Waals surface area (Å²) in [5.74, 6) is -3.26. The van der Waals surface area contributed by atoms with E-state index in [9.17, 15) is 13.2 Å². The first-order valence-electron chi connectivity index (χ1n) is 6.13. The molecular formula is C13H20F3N. The molecule has 0 spiro atoms. The van der Waals surface area contributed by atoms with Crippen LogP contribution in [-0.4, -0.2) is 5.67 Å². The average Bonchev–Trinajstić information content (AvgIpc) is 2.25. The summed E-state index contributed by atoms with van der Waals surface area (Å²) in [4.78, 5) is 0. The minimum atomic E-state index is -2.31. The minimum absolute atomic E-state index is 0.102. The van der Waals surface area contributed by atoms with E-state index in [2.05, 4.69) is 6.92 Å². The normalized spacial score (nSPS) is 29.5. The molecule has 0 aromatic carbocycles. The molecule has 1 aliphatic carbocycles. The van der Waals surface area contributed by atoms with E-state index in [1.54, 1.807) is 0 Å². The lowest BCUT2D eigenvalue weighted by atomic mass is 9.80. The highest BCUT2D eigenvalue weighted by atomic mass is 19.2. The third kappa shape index (κ3) is 3.05. The van der Waals surface area contributed by atoms with Gasteiger partial charge in [0.05, 0.1) is 0 Å². The van der Waals surface area contributed by atoms with E-state index in [4.69, 9.17) is 5.73 Å². The van der Waals surface area contributed by atoms with Crippen molar-refractivity contribution in [1.82, 2.24) is 0 Å². The van der Waals surface area contributed by atoms with Crippen molar-refractivity contribution in [3.8, 4) is 0 Å². The monoisotopic (exact) mass is 247 g/mol. The lowest BCUT2D eigenvalue weighted by molar-refractivity contribution is 0.117. The topological polar surface area (TPSA) is 26.0 Å². The molecule has 0 fully saturated rings. The van der Waals surface area contributed by atoms with Crippen LogP contribution in [0.3, 0.4) is 0 Å². The third-order valence-electron chi connectivity index (χ3n) is 3.34. The van der Waals surface area contributed by atoms with Gasteiger partial charge < -0.3 is 5.73 Å². The zero-order valence-corrected chi connectivity index (χ0v) is 10.4. The van der Waals surface area contributed by atoms with E-state index in [0.717, 1.165) is 38.7 Å². The van der Waals surface area contributed by atoms with Gasteiger partial charge in [0.1, 0.15) is 0 Å². The summed E-state index contributed by atoms with van der Waals surface area (Å²) < 4.78 is 40.6. The van der Waals surface area contributed by atoms with Crippen LogP contribution in [-0.2, 0) is 0 Å². The van der Waals surface area contributed by atoms with Gasteiger partial charge in [-0.1, -0.05) is 32.6 Å². The standard InChI is InChI=1S/C13H20F3N/c1-3-4-5-6-7-9-11(17)8-10(14)12(15)13(9,2)16/h8-9H,3-7,17H2,1-2H3. The van der Waals surface area contributed by atoms with E-state index in [1.807, 2.05) is 0 Å². The van der Waals surface area contributed by atoms with Gasteiger partial charge in [0, 0.05) is 11.6 Å². The van der Waals surface area contributed by atoms with Gasteiger partial charge >= 0.3 is 0 Å². The Morgan fingerprint density at radius 2 is 1.94 bits per heavy atom. The molecule has 2 atom stereocenters. The molecule has 0 aliphatic heterocycles. The molecule has 0 aromatic heterocycles. The van der Waals surface area contributed by atoms with Gasteiger partial charge in [0.25, 0.3) is 0 Å². The van der Waals surface area contributed by atoms with Crippen LogP contribution in [0.5, 0.6) is 0 Å². The molecule has 2 N–H and O–H groups in total.